The SMILES string of the molecule is CC[C@@H]1C2C[C@H](O[Si](C)(C)C(C)(C)C)CC[C@]2(C)C2CC[C@@]3(C)C(CCC3[C@H](C)CCC(=O)O)C2[C@@H]1O. The number of aliphatic carboxylic acids is 1. The summed E-state index contributed by atoms with van der Waals surface area (Å²) in [6.45, 7) is 21.5. The molecule has 0 heterocycles. The van der Waals surface area contributed by atoms with E-state index in [4.69, 9.17) is 4.43 Å². The van der Waals surface area contributed by atoms with Gasteiger partial charge in [0.05, 0.1) is 6.10 Å². The van der Waals surface area contributed by atoms with E-state index in [2.05, 4.69) is 61.6 Å². The highest BCUT2D eigenvalue weighted by Gasteiger charge is 2.65. The minimum Gasteiger partial charge on any atom is -0.481 e. The molecule has 214 valence electrons. The molecule has 4 nitrogen and oxygen atoms in total. The van der Waals surface area contributed by atoms with Crippen LogP contribution in [-0.2, 0) is 9.22 Å². The van der Waals surface area contributed by atoms with Crippen LogP contribution >= 0.6 is 0 Å². The van der Waals surface area contributed by atoms with Crippen molar-refractivity contribution in [2.45, 2.75) is 143 Å². The van der Waals surface area contributed by atoms with Crippen molar-refractivity contribution in [3.05, 3.63) is 0 Å². The Morgan fingerprint density at radius 3 is 2.24 bits per heavy atom. The third-order valence-electron chi connectivity index (χ3n) is 13.2. The molecule has 5 unspecified atom stereocenters. The summed E-state index contributed by atoms with van der Waals surface area (Å²) in [4.78, 5) is 11.3. The quantitative estimate of drug-likeness (QED) is 0.323. The second-order valence-corrected chi connectivity index (χ2v) is 20.6. The Balaban J connectivity index is 1.56. The van der Waals surface area contributed by atoms with Crippen LogP contribution in [0.2, 0.25) is 18.1 Å². The maximum atomic E-state index is 12.1. The van der Waals surface area contributed by atoms with Crippen LogP contribution < -0.4 is 0 Å². The molecule has 11 atom stereocenters. The highest BCUT2D eigenvalue weighted by atomic mass is 28.4. The van der Waals surface area contributed by atoms with Gasteiger partial charge in [0.25, 0.3) is 0 Å². The summed E-state index contributed by atoms with van der Waals surface area (Å²) in [5.41, 5.74) is 0.538. The molecule has 4 fully saturated rings. The maximum absolute atomic E-state index is 12.1. The van der Waals surface area contributed by atoms with Crippen molar-refractivity contribution in [1.29, 1.82) is 0 Å². The van der Waals surface area contributed by atoms with Crippen LogP contribution in [0.3, 0.4) is 0 Å². The summed E-state index contributed by atoms with van der Waals surface area (Å²) < 4.78 is 6.98. The lowest BCUT2D eigenvalue weighted by atomic mass is 9.41. The zero-order chi connectivity index (χ0) is 27.6. The van der Waals surface area contributed by atoms with Crippen LogP contribution in [0.25, 0.3) is 0 Å². The van der Waals surface area contributed by atoms with Gasteiger partial charge in [-0.05, 0) is 122 Å². The molecule has 37 heavy (non-hydrogen) atoms. The molecule has 0 saturated heterocycles. The Morgan fingerprint density at radius 2 is 1.65 bits per heavy atom. The van der Waals surface area contributed by atoms with Crippen LogP contribution in [0.4, 0.5) is 0 Å². The first kappa shape index (κ1) is 29.6. The number of rotatable bonds is 7. The number of aliphatic hydroxyl groups excluding tert-OH is 1. The highest BCUT2D eigenvalue weighted by molar-refractivity contribution is 6.74. The van der Waals surface area contributed by atoms with Gasteiger partial charge in [0.2, 0.25) is 0 Å². The highest BCUT2D eigenvalue weighted by Crippen LogP contribution is 2.69. The van der Waals surface area contributed by atoms with Gasteiger partial charge in [-0.3, -0.25) is 4.79 Å². The van der Waals surface area contributed by atoms with Gasteiger partial charge < -0.3 is 14.6 Å². The van der Waals surface area contributed by atoms with Crippen molar-refractivity contribution in [2.75, 3.05) is 0 Å². The van der Waals surface area contributed by atoms with Gasteiger partial charge in [-0.1, -0.05) is 54.9 Å². The van der Waals surface area contributed by atoms with E-state index in [0.29, 0.717) is 52.9 Å². The van der Waals surface area contributed by atoms with Crippen molar-refractivity contribution in [2.24, 2.45) is 52.3 Å². The molecular formula is C32H58O4Si. The molecule has 4 aliphatic rings. The van der Waals surface area contributed by atoms with E-state index in [-0.39, 0.29) is 23.0 Å². The summed E-state index contributed by atoms with van der Waals surface area (Å²) in [5.74, 6) is 2.86. The minimum atomic E-state index is -1.82. The van der Waals surface area contributed by atoms with E-state index in [0.717, 1.165) is 19.3 Å². The van der Waals surface area contributed by atoms with Gasteiger partial charge in [-0.15, -0.1) is 0 Å². The lowest BCUT2D eigenvalue weighted by molar-refractivity contribution is -0.202. The molecule has 2 N–H and O–H groups in total. The van der Waals surface area contributed by atoms with E-state index in [9.17, 15) is 15.0 Å². The third-order valence-corrected chi connectivity index (χ3v) is 17.7. The smallest absolute Gasteiger partial charge is 0.303 e. The summed E-state index contributed by atoms with van der Waals surface area (Å²) in [6, 6.07) is 0. The molecule has 0 radical (unpaired) electrons. The number of carboxylic acids is 1. The average Bonchev–Trinajstić information content (AvgIpc) is 3.15. The van der Waals surface area contributed by atoms with E-state index in [1.807, 2.05) is 0 Å². The minimum absolute atomic E-state index is 0.211. The fourth-order valence-corrected chi connectivity index (χ4v) is 11.6. The average molecular weight is 535 g/mol. The molecule has 0 aromatic heterocycles. The topological polar surface area (TPSA) is 66.8 Å². The van der Waals surface area contributed by atoms with Gasteiger partial charge in [0, 0.05) is 12.5 Å². The molecule has 0 bridgehead atoms. The number of carbonyl (C=O) groups is 1. The van der Waals surface area contributed by atoms with Gasteiger partial charge in [-0.25, -0.2) is 0 Å². The van der Waals surface area contributed by atoms with E-state index < -0.39 is 14.3 Å². The number of fused-ring (bicyclic) bond motifs is 5. The van der Waals surface area contributed by atoms with Crippen LogP contribution in [-0.4, -0.2) is 36.7 Å². The second kappa shape index (κ2) is 10.2. The fourth-order valence-electron chi connectivity index (χ4n) is 10.2. The summed E-state index contributed by atoms with van der Waals surface area (Å²) in [5, 5.41) is 21.6. The lowest BCUT2D eigenvalue weighted by Gasteiger charge is -2.65. The van der Waals surface area contributed by atoms with E-state index >= 15 is 0 Å². The van der Waals surface area contributed by atoms with Crippen molar-refractivity contribution in [3.8, 4) is 0 Å². The third kappa shape index (κ3) is 5.01. The molecular weight excluding hydrogens is 476 g/mol. The molecule has 4 saturated carbocycles. The molecule has 0 aliphatic heterocycles. The monoisotopic (exact) mass is 534 g/mol. The molecule has 5 heteroatoms. The summed E-state index contributed by atoms with van der Waals surface area (Å²) >= 11 is 0. The van der Waals surface area contributed by atoms with Gasteiger partial charge in [0.1, 0.15) is 0 Å². The lowest BCUT2D eigenvalue weighted by Crippen LogP contribution is -2.62. The first-order chi connectivity index (χ1) is 17.1. The van der Waals surface area contributed by atoms with E-state index in [1.54, 1.807) is 0 Å². The maximum Gasteiger partial charge on any atom is 0.303 e. The Kier molecular flexibility index (Phi) is 8.17. The molecule has 0 aromatic rings. The van der Waals surface area contributed by atoms with Crippen molar-refractivity contribution >= 4 is 14.3 Å². The van der Waals surface area contributed by atoms with Crippen molar-refractivity contribution in [3.63, 3.8) is 0 Å². The first-order valence-electron chi connectivity index (χ1n) is 15.6. The molecule has 0 aromatic carbocycles. The first-order valence-corrected chi connectivity index (χ1v) is 18.5. The van der Waals surface area contributed by atoms with Crippen LogP contribution in [0.15, 0.2) is 0 Å². The standard InChI is InChI=1S/C32H58O4Si/c1-10-22-26-19-21(36-37(8,9)30(3,4)5)15-17-32(26,7)25-16-18-31(6)23(20(2)11-14-27(33)34)12-13-24(31)28(25)29(22)35/h20-26,28-29,35H,10-19H2,1-9H3,(H,33,34)/t20-,21-,22-,23?,24?,25?,26?,28?,29-,31-,32-/m1/s1. The largest absolute Gasteiger partial charge is 0.481 e. The summed E-state index contributed by atoms with van der Waals surface area (Å²) in [7, 11) is -1.82. The number of aliphatic hydroxyl groups is 1. The molecule has 4 rings (SSSR count). The van der Waals surface area contributed by atoms with Gasteiger partial charge >= 0.3 is 5.97 Å². The van der Waals surface area contributed by atoms with E-state index in [1.165, 1.54) is 38.5 Å². The van der Waals surface area contributed by atoms with Crippen LogP contribution in [0.5, 0.6) is 0 Å². The fraction of sp³-hybridized carbons (Fsp3) is 0.969. The second-order valence-electron chi connectivity index (χ2n) is 15.9. The Labute approximate surface area is 228 Å². The Hall–Kier alpha value is -0.393. The van der Waals surface area contributed by atoms with Gasteiger partial charge in [-0.2, -0.15) is 0 Å². The Morgan fingerprint density at radius 1 is 1.03 bits per heavy atom. The predicted octanol–water partition coefficient (Wildman–Crippen LogP) is 8.14. The normalized spacial score (nSPS) is 45.0. The summed E-state index contributed by atoms with van der Waals surface area (Å²) in [6.07, 6.45) is 10.7. The number of hydrogen-bond acceptors (Lipinski definition) is 3. The molecule has 0 amide bonds. The van der Waals surface area contributed by atoms with Crippen molar-refractivity contribution < 1.29 is 19.4 Å². The Bertz CT molecular complexity index is 835. The number of carboxylic acid groups (broad SMARTS) is 1. The predicted molar refractivity (Wildman–Crippen MR) is 154 cm³/mol. The van der Waals surface area contributed by atoms with Crippen LogP contribution in [0, 0.1) is 52.3 Å². The molecule has 0 spiro atoms. The van der Waals surface area contributed by atoms with Crippen molar-refractivity contribution in [1.82, 2.24) is 0 Å². The van der Waals surface area contributed by atoms with Gasteiger partial charge in [0.15, 0.2) is 8.32 Å². The van der Waals surface area contributed by atoms with Crippen LogP contribution in [0.1, 0.15) is 113 Å². The number of hydrogen-bond donors (Lipinski definition) is 2. The zero-order valence-corrected chi connectivity index (χ0v) is 26.5. The zero-order valence-electron chi connectivity index (χ0n) is 25.5. The molecule has 4 aliphatic carbocycles.